The van der Waals surface area contributed by atoms with E-state index in [9.17, 15) is 4.79 Å². The van der Waals surface area contributed by atoms with E-state index in [1.807, 2.05) is 30.3 Å². The Balaban J connectivity index is 1.51. The average molecular weight is 233 g/mol. The SMILES string of the molecule is O=C(OCc1ccccc1)N1CC[C@@]2(CO2)C1. The van der Waals surface area contributed by atoms with Crippen LogP contribution in [0.25, 0.3) is 0 Å². The number of amides is 1. The minimum absolute atomic E-state index is 0.0221. The second-order valence-corrected chi connectivity index (χ2v) is 4.68. The third-order valence-corrected chi connectivity index (χ3v) is 3.33. The molecule has 2 saturated heterocycles. The predicted octanol–water partition coefficient (Wildman–Crippen LogP) is 1.80. The van der Waals surface area contributed by atoms with E-state index in [1.165, 1.54) is 0 Å². The van der Waals surface area contributed by atoms with E-state index in [0.29, 0.717) is 13.2 Å². The minimum Gasteiger partial charge on any atom is -0.445 e. The molecule has 3 rings (SSSR count). The van der Waals surface area contributed by atoms with Gasteiger partial charge in [-0.3, -0.25) is 0 Å². The molecule has 1 amide bonds. The molecular formula is C13H15NO3. The van der Waals surface area contributed by atoms with Crippen molar-refractivity contribution in [2.45, 2.75) is 18.6 Å². The Bertz CT molecular complexity index is 414. The first-order chi connectivity index (χ1) is 8.27. The molecule has 2 aliphatic rings. The van der Waals surface area contributed by atoms with Crippen molar-refractivity contribution in [3.8, 4) is 0 Å². The van der Waals surface area contributed by atoms with Gasteiger partial charge in [-0.15, -0.1) is 0 Å². The number of carbonyl (C=O) groups is 1. The maximum absolute atomic E-state index is 11.8. The third kappa shape index (κ3) is 2.26. The second kappa shape index (κ2) is 4.04. The van der Waals surface area contributed by atoms with E-state index < -0.39 is 0 Å². The van der Waals surface area contributed by atoms with Crippen LogP contribution in [0, 0.1) is 0 Å². The van der Waals surface area contributed by atoms with Crippen LogP contribution < -0.4 is 0 Å². The summed E-state index contributed by atoms with van der Waals surface area (Å²) in [7, 11) is 0. The molecular weight excluding hydrogens is 218 g/mol. The van der Waals surface area contributed by atoms with E-state index >= 15 is 0 Å². The first kappa shape index (κ1) is 10.6. The molecule has 0 unspecified atom stereocenters. The average Bonchev–Trinajstić information content (AvgIpc) is 2.98. The number of hydrogen-bond acceptors (Lipinski definition) is 3. The van der Waals surface area contributed by atoms with Crippen molar-refractivity contribution < 1.29 is 14.3 Å². The largest absolute Gasteiger partial charge is 0.445 e. The van der Waals surface area contributed by atoms with Crippen molar-refractivity contribution in [1.29, 1.82) is 0 Å². The van der Waals surface area contributed by atoms with Gasteiger partial charge in [-0.1, -0.05) is 30.3 Å². The maximum Gasteiger partial charge on any atom is 0.410 e. The highest BCUT2D eigenvalue weighted by Gasteiger charge is 2.51. The second-order valence-electron chi connectivity index (χ2n) is 4.68. The van der Waals surface area contributed by atoms with Crippen LogP contribution in [0.1, 0.15) is 12.0 Å². The number of ether oxygens (including phenoxy) is 2. The van der Waals surface area contributed by atoms with Crippen LogP contribution in [-0.2, 0) is 16.1 Å². The topological polar surface area (TPSA) is 42.1 Å². The number of benzene rings is 1. The van der Waals surface area contributed by atoms with Crippen LogP contribution in [0.4, 0.5) is 4.79 Å². The molecule has 0 bridgehead atoms. The summed E-state index contributed by atoms with van der Waals surface area (Å²) in [6.45, 7) is 2.55. The standard InChI is InChI=1S/C13H15NO3/c15-12(14-7-6-13(9-14)10-17-13)16-8-11-4-2-1-3-5-11/h1-5H,6-10H2/t13-/m0/s1. The number of likely N-dealkylation sites (tertiary alicyclic amines) is 1. The Labute approximate surface area is 100 Å². The van der Waals surface area contributed by atoms with Gasteiger partial charge < -0.3 is 14.4 Å². The number of hydrogen-bond donors (Lipinski definition) is 0. The fourth-order valence-electron chi connectivity index (χ4n) is 2.15. The van der Waals surface area contributed by atoms with E-state index in [2.05, 4.69) is 0 Å². The third-order valence-electron chi connectivity index (χ3n) is 3.33. The predicted molar refractivity (Wildman–Crippen MR) is 61.5 cm³/mol. The Kier molecular flexibility index (Phi) is 2.52. The van der Waals surface area contributed by atoms with Crippen molar-refractivity contribution in [2.24, 2.45) is 0 Å². The van der Waals surface area contributed by atoms with E-state index in [4.69, 9.17) is 9.47 Å². The lowest BCUT2D eigenvalue weighted by Crippen LogP contribution is -2.30. The Hall–Kier alpha value is -1.55. The monoisotopic (exact) mass is 233 g/mol. The van der Waals surface area contributed by atoms with Gasteiger partial charge in [0.1, 0.15) is 12.2 Å². The molecule has 1 aromatic carbocycles. The van der Waals surface area contributed by atoms with Crippen LogP contribution in [-0.4, -0.2) is 36.3 Å². The van der Waals surface area contributed by atoms with E-state index in [1.54, 1.807) is 4.90 Å². The van der Waals surface area contributed by atoms with Crippen molar-refractivity contribution in [3.05, 3.63) is 35.9 Å². The van der Waals surface area contributed by atoms with Crippen LogP contribution in [0.5, 0.6) is 0 Å². The summed E-state index contributed by atoms with van der Waals surface area (Å²) in [4.78, 5) is 13.5. The molecule has 17 heavy (non-hydrogen) atoms. The minimum atomic E-state index is -0.235. The number of nitrogens with zero attached hydrogens (tertiary/aromatic N) is 1. The first-order valence-corrected chi connectivity index (χ1v) is 5.87. The molecule has 1 spiro atoms. The number of carbonyl (C=O) groups excluding carboxylic acids is 1. The van der Waals surface area contributed by atoms with Gasteiger partial charge in [0.2, 0.25) is 0 Å². The van der Waals surface area contributed by atoms with Crippen LogP contribution in [0.2, 0.25) is 0 Å². The molecule has 1 aromatic rings. The van der Waals surface area contributed by atoms with E-state index in [0.717, 1.165) is 25.1 Å². The summed E-state index contributed by atoms with van der Waals surface area (Å²) < 4.78 is 10.6. The molecule has 1 atom stereocenters. The van der Waals surface area contributed by atoms with Crippen molar-refractivity contribution in [3.63, 3.8) is 0 Å². The summed E-state index contributed by atoms with van der Waals surface area (Å²) in [5.74, 6) is 0. The highest BCUT2D eigenvalue weighted by molar-refractivity contribution is 5.68. The quantitative estimate of drug-likeness (QED) is 0.731. The summed E-state index contributed by atoms with van der Waals surface area (Å²) in [5, 5.41) is 0. The zero-order chi connectivity index (χ0) is 11.7. The van der Waals surface area contributed by atoms with E-state index in [-0.39, 0.29) is 11.7 Å². The molecule has 0 aliphatic carbocycles. The van der Waals surface area contributed by atoms with Crippen molar-refractivity contribution >= 4 is 6.09 Å². The molecule has 90 valence electrons. The maximum atomic E-state index is 11.8. The number of rotatable bonds is 2. The van der Waals surface area contributed by atoms with Crippen LogP contribution >= 0.6 is 0 Å². The molecule has 4 heteroatoms. The normalized spacial score (nSPS) is 26.2. The Morgan fingerprint density at radius 2 is 2.18 bits per heavy atom. The van der Waals surface area contributed by atoms with Gasteiger partial charge in [-0.2, -0.15) is 0 Å². The molecule has 2 fully saturated rings. The van der Waals surface area contributed by atoms with Gasteiger partial charge in [0.05, 0.1) is 13.2 Å². The van der Waals surface area contributed by atoms with Gasteiger partial charge in [0.25, 0.3) is 0 Å². The van der Waals surface area contributed by atoms with Crippen LogP contribution in [0.3, 0.4) is 0 Å². The molecule has 2 aliphatic heterocycles. The zero-order valence-electron chi connectivity index (χ0n) is 9.59. The first-order valence-electron chi connectivity index (χ1n) is 5.87. The summed E-state index contributed by atoms with van der Waals surface area (Å²) in [6.07, 6.45) is 0.703. The van der Waals surface area contributed by atoms with Gasteiger partial charge >= 0.3 is 6.09 Å². The zero-order valence-corrected chi connectivity index (χ0v) is 9.59. The fraction of sp³-hybridized carbons (Fsp3) is 0.462. The highest BCUT2D eigenvalue weighted by Crippen LogP contribution is 2.36. The molecule has 0 aromatic heterocycles. The molecule has 0 saturated carbocycles. The lowest BCUT2D eigenvalue weighted by molar-refractivity contribution is 0.102. The lowest BCUT2D eigenvalue weighted by atomic mass is 10.1. The molecule has 2 heterocycles. The van der Waals surface area contributed by atoms with Gasteiger partial charge in [0.15, 0.2) is 0 Å². The smallest absolute Gasteiger partial charge is 0.410 e. The summed E-state index contributed by atoms with van der Waals surface area (Å²) in [6, 6.07) is 9.71. The molecule has 4 nitrogen and oxygen atoms in total. The van der Waals surface area contributed by atoms with Crippen molar-refractivity contribution in [2.75, 3.05) is 19.7 Å². The number of epoxide rings is 1. The van der Waals surface area contributed by atoms with Crippen molar-refractivity contribution in [1.82, 2.24) is 4.90 Å². The van der Waals surface area contributed by atoms with Gasteiger partial charge in [-0.25, -0.2) is 4.79 Å². The van der Waals surface area contributed by atoms with Gasteiger partial charge in [0, 0.05) is 6.54 Å². The lowest BCUT2D eigenvalue weighted by Gasteiger charge is -2.15. The Morgan fingerprint density at radius 3 is 2.82 bits per heavy atom. The van der Waals surface area contributed by atoms with Crippen LogP contribution in [0.15, 0.2) is 30.3 Å². The summed E-state index contributed by atoms with van der Waals surface area (Å²) >= 11 is 0. The highest BCUT2D eigenvalue weighted by atomic mass is 16.6. The van der Waals surface area contributed by atoms with Gasteiger partial charge in [-0.05, 0) is 12.0 Å². The Morgan fingerprint density at radius 1 is 1.41 bits per heavy atom. The fourth-order valence-corrected chi connectivity index (χ4v) is 2.15. The summed E-state index contributed by atoms with van der Waals surface area (Å²) in [5.41, 5.74) is 0.989. The molecule has 0 N–H and O–H groups in total. The molecule has 0 radical (unpaired) electrons.